The Morgan fingerprint density at radius 2 is 2.05 bits per heavy atom. The van der Waals surface area contributed by atoms with Crippen molar-refractivity contribution in [1.29, 1.82) is 0 Å². The number of fused-ring (bicyclic) bond motifs is 1. The largest absolute Gasteiger partial charge is 0.480 e. The lowest BCUT2D eigenvalue weighted by molar-refractivity contribution is -0.141. The molecule has 4 atom stereocenters. The predicted octanol–water partition coefficient (Wildman–Crippen LogP) is 1.45. The molecule has 2 amide bonds. The Balaban J connectivity index is 1.64. The molecule has 0 aromatic heterocycles. The van der Waals surface area contributed by atoms with Crippen molar-refractivity contribution < 1.29 is 19.4 Å². The van der Waals surface area contributed by atoms with Gasteiger partial charge in [0.05, 0.1) is 6.61 Å². The van der Waals surface area contributed by atoms with Crippen molar-refractivity contribution in [3.05, 3.63) is 0 Å². The molecular weight excluding hydrogens is 272 g/mol. The SMILES string of the molecule is O=C(O)C1CC2CCCCC2N1C(=O)NCC1CCOC1. The van der Waals surface area contributed by atoms with Crippen molar-refractivity contribution in [3.8, 4) is 0 Å². The zero-order valence-corrected chi connectivity index (χ0v) is 12.3. The van der Waals surface area contributed by atoms with Crippen LogP contribution < -0.4 is 5.32 Å². The van der Waals surface area contributed by atoms with Crippen molar-refractivity contribution in [2.75, 3.05) is 19.8 Å². The van der Waals surface area contributed by atoms with E-state index in [2.05, 4.69) is 5.32 Å². The first-order valence-electron chi connectivity index (χ1n) is 8.03. The average molecular weight is 296 g/mol. The molecule has 21 heavy (non-hydrogen) atoms. The van der Waals surface area contributed by atoms with Gasteiger partial charge < -0.3 is 20.1 Å². The van der Waals surface area contributed by atoms with Crippen LogP contribution in [0.3, 0.4) is 0 Å². The van der Waals surface area contributed by atoms with Crippen molar-refractivity contribution in [1.82, 2.24) is 10.2 Å². The molecule has 4 unspecified atom stereocenters. The highest BCUT2D eigenvalue weighted by Gasteiger charge is 2.47. The van der Waals surface area contributed by atoms with E-state index >= 15 is 0 Å². The number of nitrogens with one attached hydrogen (secondary N) is 1. The van der Waals surface area contributed by atoms with Gasteiger partial charge in [0.25, 0.3) is 0 Å². The minimum absolute atomic E-state index is 0.111. The Labute approximate surface area is 124 Å². The molecule has 2 aliphatic heterocycles. The molecule has 0 bridgehead atoms. The number of aliphatic carboxylic acids is 1. The molecule has 2 N–H and O–H groups in total. The number of amides is 2. The van der Waals surface area contributed by atoms with Gasteiger partial charge in [-0.25, -0.2) is 9.59 Å². The van der Waals surface area contributed by atoms with Crippen LogP contribution in [0.1, 0.15) is 38.5 Å². The molecule has 2 heterocycles. The summed E-state index contributed by atoms with van der Waals surface area (Å²) in [6.07, 6.45) is 5.81. The Morgan fingerprint density at radius 1 is 1.24 bits per heavy atom. The molecule has 0 spiro atoms. The van der Waals surface area contributed by atoms with Crippen LogP contribution in [0.2, 0.25) is 0 Å². The smallest absolute Gasteiger partial charge is 0.326 e. The maximum Gasteiger partial charge on any atom is 0.326 e. The topological polar surface area (TPSA) is 78.9 Å². The predicted molar refractivity (Wildman–Crippen MR) is 76.0 cm³/mol. The molecule has 3 rings (SSSR count). The Hall–Kier alpha value is -1.30. The van der Waals surface area contributed by atoms with Gasteiger partial charge in [0.2, 0.25) is 0 Å². The van der Waals surface area contributed by atoms with Crippen LogP contribution in [-0.4, -0.2) is 53.8 Å². The number of hydrogen-bond donors (Lipinski definition) is 2. The number of rotatable bonds is 3. The van der Waals surface area contributed by atoms with E-state index in [0.717, 1.165) is 38.7 Å². The summed E-state index contributed by atoms with van der Waals surface area (Å²) in [7, 11) is 0. The fraction of sp³-hybridized carbons (Fsp3) is 0.867. The monoisotopic (exact) mass is 296 g/mol. The van der Waals surface area contributed by atoms with Crippen molar-refractivity contribution in [2.24, 2.45) is 11.8 Å². The number of urea groups is 1. The summed E-state index contributed by atoms with van der Waals surface area (Å²) in [5.41, 5.74) is 0. The summed E-state index contributed by atoms with van der Waals surface area (Å²) in [6.45, 7) is 2.03. The van der Waals surface area contributed by atoms with Crippen LogP contribution in [0, 0.1) is 11.8 Å². The molecule has 0 aromatic rings. The molecule has 0 aromatic carbocycles. The van der Waals surface area contributed by atoms with Crippen molar-refractivity contribution in [3.63, 3.8) is 0 Å². The zero-order valence-electron chi connectivity index (χ0n) is 12.3. The number of carbonyl (C=O) groups is 2. The quantitative estimate of drug-likeness (QED) is 0.826. The van der Waals surface area contributed by atoms with Crippen LogP contribution in [-0.2, 0) is 9.53 Å². The van der Waals surface area contributed by atoms with Crippen molar-refractivity contribution >= 4 is 12.0 Å². The fourth-order valence-electron chi connectivity index (χ4n) is 4.04. The Morgan fingerprint density at radius 3 is 2.76 bits per heavy atom. The van der Waals surface area contributed by atoms with E-state index < -0.39 is 12.0 Å². The van der Waals surface area contributed by atoms with Crippen LogP contribution in [0.25, 0.3) is 0 Å². The lowest BCUT2D eigenvalue weighted by atomic mass is 9.85. The summed E-state index contributed by atoms with van der Waals surface area (Å²) in [5, 5.41) is 12.3. The minimum atomic E-state index is -0.872. The highest BCUT2D eigenvalue weighted by molar-refractivity contribution is 5.83. The standard InChI is InChI=1S/C15H24N2O4/c18-14(19)13-7-11-3-1-2-4-12(11)17(13)15(20)16-8-10-5-6-21-9-10/h10-13H,1-9H2,(H,16,20)(H,18,19). The number of nitrogens with zero attached hydrogens (tertiary/aromatic N) is 1. The van der Waals surface area contributed by atoms with Crippen LogP contribution in [0.5, 0.6) is 0 Å². The summed E-state index contributed by atoms with van der Waals surface area (Å²) in [4.78, 5) is 25.6. The van der Waals surface area contributed by atoms with Crippen LogP contribution in [0.15, 0.2) is 0 Å². The van der Waals surface area contributed by atoms with Gasteiger partial charge in [-0.3, -0.25) is 0 Å². The Kier molecular flexibility index (Phi) is 4.33. The lowest BCUT2D eigenvalue weighted by Crippen LogP contribution is -2.51. The molecule has 6 heteroatoms. The molecule has 1 aliphatic carbocycles. The number of carbonyl (C=O) groups excluding carboxylic acids is 1. The second kappa shape index (κ2) is 6.22. The van der Waals surface area contributed by atoms with E-state index in [1.165, 1.54) is 0 Å². The number of carboxylic acid groups (broad SMARTS) is 1. The van der Waals surface area contributed by atoms with Gasteiger partial charge in [-0.15, -0.1) is 0 Å². The van der Waals surface area contributed by atoms with E-state index in [4.69, 9.17) is 4.74 Å². The zero-order chi connectivity index (χ0) is 14.8. The molecule has 3 aliphatic rings. The molecule has 2 saturated heterocycles. The summed E-state index contributed by atoms with van der Waals surface area (Å²) >= 11 is 0. The molecule has 6 nitrogen and oxygen atoms in total. The molecule has 0 radical (unpaired) electrons. The third kappa shape index (κ3) is 3.00. The molecule has 1 saturated carbocycles. The molecule has 118 valence electrons. The number of ether oxygens (including phenoxy) is 1. The van der Waals surface area contributed by atoms with E-state index in [1.54, 1.807) is 4.90 Å². The number of likely N-dealkylation sites (tertiary alicyclic amines) is 1. The second-order valence-electron chi connectivity index (χ2n) is 6.52. The van der Waals surface area contributed by atoms with E-state index in [9.17, 15) is 14.7 Å². The van der Waals surface area contributed by atoms with E-state index in [-0.39, 0.29) is 12.1 Å². The van der Waals surface area contributed by atoms with E-state index in [1.807, 2.05) is 0 Å². The maximum absolute atomic E-state index is 12.5. The normalized spacial score (nSPS) is 35.5. The van der Waals surface area contributed by atoms with Crippen LogP contribution in [0.4, 0.5) is 4.79 Å². The highest BCUT2D eigenvalue weighted by atomic mass is 16.5. The third-order valence-electron chi connectivity index (χ3n) is 5.17. The number of hydrogen-bond acceptors (Lipinski definition) is 3. The van der Waals surface area contributed by atoms with Gasteiger partial charge in [0.1, 0.15) is 6.04 Å². The summed E-state index contributed by atoms with van der Waals surface area (Å²) in [5.74, 6) is -0.147. The van der Waals surface area contributed by atoms with Crippen LogP contribution >= 0.6 is 0 Å². The Bertz CT molecular complexity index is 408. The van der Waals surface area contributed by atoms with E-state index in [0.29, 0.717) is 31.4 Å². The first-order valence-corrected chi connectivity index (χ1v) is 8.03. The minimum Gasteiger partial charge on any atom is -0.480 e. The lowest BCUT2D eigenvalue weighted by Gasteiger charge is -2.33. The van der Waals surface area contributed by atoms with Gasteiger partial charge in [0, 0.05) is 25.1 Å². The first-order chi connectivity index (χ1) is 10.2. The maximum atomic E-state index is 12.5. The van der Waals surface area contributed by atoms with Gasteiger partial charge >= 0.3 is 12.0 Å². The second-order valence-corrected chi connectivity index (χ2v) is 6.52. The first kappa shape index (κ1) is 14.6. The molecule has 3 fully saturated rings. The fourth-order valence-corrected chi connectivity index (χ4v) is 4.04. The summed E-state index contributed by atoms with van der Waals surface area (Å²) < 4.78 is 5.30. The van der Waals surface area contributed by atoms with Gasteiger partial charge in [-0.1, -0.05) is 12.8 Å². The van der Waals surface area contributed by atoms with Crippen molar-refractivity contribution in [2.45, 2.75) is 50.6 Å². The molecular formula is C15H24N2O4. The van der Waals surface area contributed by atoms with Gasteiger partial charge in [-0.05, 0) is 31.6 Å². The summed E-state index contributed by atoms with van der Waals surface area (Å²) in [6, 6.07) is -0.749. The highest BCUT2D eigenvalue weighted by Crippen LogP contribution is 2.39. The number of carboxylic acids is 1. The van der Waals surface area contributed by atoms with Gasteiger partial charge in [0.15, 0.2) is 0 Å². The third-order valence-corrected chi connectivity index (χ3v) is 5.17. The average Bonchev–Trinajstić information content (AvgIpc) is 3.11. The van der Waals surface area contributed by atoms with Gasteiger partial charge in [-0.2, -0.15) is 0 Å².